The first kappa shape index (κ1) is 10.0. The van der Waals surface area contributed by atoms with Crippen LogP contribution in [0.5, 0.6) is 0 Å². The minimum Gasteiger partial charge on any atom is -0.0802 e. The molecule has 2 aliphatic rings. The van der Waals surface area contributed by atoms with Crippen LogP contribution >= 0.6 is 0 Å². The number of hydrogen-bond donors (Lipinski definition) is 0. The summed E-state index contributed by atoms with van der Waals surface area (Å²) in [5.41, 5.74) is 5.52. The van der Waals surface area contributed by atoms with Crippen molar-refractivity contribution >= 4 is 0 Å². The Morgan fingerprint density at radius 2 is 1.71 bits per heavy atom. The Kier molecular flexibility index (Phi) is 2.55. The lowest BCUT2D eigenvalue weighted by Crippen LogP contribution is -2.17. The third kappa shape index (κ3) is 1.80. The third-order valence-electron chi connectivity index (χ3n) is 3.51. The summed E-state index contributed by atoms with van der Waals surface area (Å²) in [7, 11) is 0. The Morgan fingerprint density at radius 1 is 1.00 bits per heavy atom. The monoisotopic (exact) mass is 190 g/mol. The highest BCUT2D eigenvalue weighted by Crippen LogP contribution is 2.42. The average molecular weight is 190 g/mol. The van der Waals surface area contributed by atoms with E-state index in [1.165, 1.54) is 38.5 Å². The predicted octanol–water partition coefficient (Wildman–Crippen LogP) is 4.62. The van der Waals surface area contributed by atoms with Crippen molar-refractivity contribution in [1.29, 1.82) is 0 Å². The van der Waals surface area contributed by atoms with E-state index in [2.05, 4.69) is 26.8 Å². The van der Waals surface area contributed by atoms with Crippen LogP contribution in [0.1, 0.15) is 59.3 Å². The van der Waals surface area contributed by atoms with Gasteiger partial charge in [-0.2, -0.15) is 0 Å². The largest absolute Gasteiger partial charge is 0.0802 e. The van der Waals surface area contributed by atoms with Gasteiger partial charge in [0.15, 0.2) is 0 Å². The Hall–Kier alpha value is -0.520. The van der Waals surface area contributed by atoms with Crippen molar-refractivity contribution in [2.24, 2.45) is 5.41 Å². The summed E-state index contributed by atoms with van der Waals surface area (Å²) in [5.74, 6) is 0. The van der Waals surface area contributed by atoms with Crippen LogP contribution in [0.2, 0.25) is 0 Å². The van der Waals surface area contributed by atoms with E-state index < -0.39 is 0 Å². The van der Waals surface area contributed by atoms with Crippen LogP contribution in [-0.2, 0) is 0 Å². The molecule has 0 amide bonds. The molecule has 2 rings (SSSR count). The Balaban J connectivity index is 2.33. The molecule has 0 fully saturated rings. The van der Waals surface area contributed by atoms with Gasteiger partial charge < -0.3 is 0 Å². The first-order chi connectivity index (χ1) is 6.59. The van der Waals surface area contributed by atoms with Gasteiger partial charge in [0.25, 0.3) is 0 Å². The Bertz CT molecular complexity index is 284. The van der Waals surface area contributed by atoms with Crippen LogP contribution in [0.3, 0.4) is 0 Å². The molecule has 0 N–H and O–H groups in total. The van der Waals surface area contributed by atoms with Gasteiger partial charge in [-0.25, -0.2) is 0 Å². The number of allylic oxidation sites excluding steroid dienone is 4. The summed E-state index contributed by atoms with van der Waals surface area (Å²) < 4.78 is 0. The van der Waals surface area contributed by atoms with Crippen molar-refractivity contribution in [3.63, 3.8) is 0 Å². The van der Waals surface area contributed by atoms with Gasteiger partial charge in [-0.05, 0) is 55.1 Å². The first-order valence-corrected chi connectivity index (χ1v) is 6.01. The van der Waals surface area contributed by atoms with Crippen molar-refractivity contribution in [2.75, 3.05) is 0 Å². The Labute approximate surface area is 88.1 Å². The van der Waals surface area contributed by atoms with Gasteiger partial charge in [-0.1, -0.05) is 32.4 Å². The van der Waals surface area contributed by atoms with Gasteiger partial charge in [-0.15, -0.1) is 0 Å². The molecule has 0 heteroatoms. The summed E-state index contributed by atoms with van der Waals surface area (Å²) in [6.45, 7) is 7.05. The van der Waals surface area contributed by atoms with E-state index in [1.807, 2.05) is 0 Å². The van der Waals surface area contributed by atoms with Crippen molar-refractivity contribution in [2.45, 2.75) is 59.3 Å². The van der Waals surface area contributed by atoms with E-state index in [0.29, 0.717) is 5.41 Å². The van der Waals surface area contributed by atoms with Crippen LogP contribution in [0.4, 0.5) is 0 Å². The molecule has 0 aromatic carbocycles. The normalized spacial score (nSPS) is 23.2. The molecule has 0 aliphatic heterocycles. The molecule has 14 heavy (non-hydrogen) atoms. The molecular formula is C14H22. The molecule has 0 heterocycles. The van der Waals surface area contributed by atoms with E-state index in [1.54, 1.807) is 16.7 Å². The van der Waals surface area contributed by atoms with Crippen molar-refractivity contribution < 1.29 is 0 Å². The maximum Gasteiger partial charge on any atom is -0.0132 e. The highest BCUT2D eigenvalue weighted by molar-refractivity contribution is 5.42. The molecule has 0 aromatic heterocycles. The summed E-state index contributed by atoms with van der Waals surface area (Å²) in [5, 5.41) is 0. The second-order valence-electron chi connectivity index (χ2n) is 5.70. The number of hydrogen-bond acceptors (Lipinski definition) is 0. The van der Waals surface area contributed by atoms with Gasteiger partial charge in [0, 0.05) is 0 Å². The van der Waals surface area contributed by atoms with E-state index in [4.69, 9.17) is 0 Å². The van der Waals surface area contributed by atoms with E-state index in [9.17, 15) is 0 Å². The van der Waals surface area contributed by atoms with E-state index in [0.717, 1.165) is 0 Å². The molecule has 0 saturated carbocycles. The standard InChI is InChI=1S/C14H22/c1-14(2,3)13-10-6-8-11-7-4-5-9-12(11)13/h10H,4-9H2,1-3H3. The molecule has 0 radical (unpaired) electrons. The highest BCUT2D eigenvalue weighted by atomic mass is 14.3. The summed E-state index contributed by atoms with van der Waals surface area (Å²) in [4.78, 5) is 0. The van der Waals surface area contributed by atoms with E-state index in [-0.39, 0.29) is 0 Å². The lowest BCUT2D eigenvalue weighted by Gasteiger charge is -2.33. The minimum atomic E-state index is 0.359. The first-order valence-electron chi connectivity index (χ1n) is 6.01. The number of rotatable bonds is 0. The van der Waals surface area contributed by atoms with Crippen molar-refractivity contribution in [3.05, 3.63) is 22.8 Å². The van der Waals surface area contributed by atoms with Gasteiger partial charge in [0.1, 0.15) is 0 Å². The average Bonchev–Trinajstić information content (AvgIpc) is 2.15. The predicted molar refractivity (Wildman–Crippen MR) is 62.3 cm³/mol. The molecule has 0 bridgehead atoms. The molecule has 2 aliphatic carbocycles. The topological polar surface area (TPSA) is 0 Å². The smallest absolute Gasteiger partial charge is 0.0132 e. The zero-order chi connectivity index (χ0) is 10.2. The molecule has 0 nitrogen and oxygen atoms in total. The summed E-state index contributed by atoms with van der Waals surface area (Å²) in [6.07, 6.45) is 10.7. The van der Waals surface area contributed by atoms with E-state index >= 15 is 0 Å². The maximum atomic E-state index is 2.49. The lowest BCUT2D eigenvalue weighted by atomic mass is 9.72. The van der Waals surface area contributed by atoms with Gasteiger partial charge >= 0.3 is 0 Å². The lowest BCUT2D eigenvalue weighted by molar-refractivity contribution is 0.486. The van der Waals surface area contributed by atoms with Crippen LogP contribution in [0.15, 0.2) is 22.8 Å². The van der Waals surface area contributed by atoms with Crippen LogP contribution in [-0.4, -0.2) is 0 Å². The Morgan fingerprint density at radius 3 is 2.43 bits per heavy atom. The SMILES string of the molecule is CC(C)(C)C1=CCCC2=C1CCCC2. The quantitative estimate of drug-likeness (QED) is 0.522. The molecule has 78 valence electrons. The second kappa shape index (κ2) is 3.56. The molecule has 0 spiro atoms. The second-order valence-corrected chi connectivity index (χ2v) is 5.70. The molecular weight excluding hydrogens is 168 g/mol. The third-order valence-corrected chi connectivity index (χ3v) is 3.51. The molecule has 0 atom stereocenters. The fourth-order valence-electron chi connectivity index (χ4n) is 2.84. The molecule has 0 unspecified atom stereocenters. The highest BCUT2D eigenvalue weighted by Gasteiger charge is 2.26. The zero-order valence-corrected chi connectivity index (χ0v) is 9.82. The summed E-state index contributed by atoms with van der Waals surface area (Å²) >= 11 is 0. The fraction of sp³-hybridized carbons (Fsp3) is 0.714. The van der Waals surface area contributed by atoms with Crippen LogP contribution in [0, 0.1) is 5.41 Å². The van der Waals surface area contributed by atoms with Gasteiger partial charge in [0.05, 0.1) is 0 Å². The minimum absolute atomic E-state index is 0.359. The van der Waals surface area contributed by atoms with Gasteiger partial charge in [0.2, 0.25) is 0 Å². The molecule has 0 aromatic rings. The molecule has 0 saturated heterocycles. The van der Waals surface area contributed by atoms with Gasteiger partial charge in [-0.3, -0.25) is 0 Å². The van der Waals surface area contributed by atoms with Crippen molar-refractivity contribution in [3.8, 4) is 0 Å². The van der Waals surface area contributed by atoms with Crippen LogP contribution in [0.25, 0.3) is 0 Å². The van der Waals surface area contributed by atoms with Crippen molar-refractivity contribution in [1.82, 2.24) is 0 Å². The fourth-order valence-corrected chi connectivity index (χ4v) is 2.84. The van der Waals surface area contributed by atoms with Crippen LogP contribution < -0.4 is 0 Å². The maximum absolute atomic E-state index is 2.49. The zero-order valence-electron chi connectivity index (χ0n) is 9.82. The summed E-state index contributed by atoms with van der Waals surface area (Å²) in [6, 6.07) is 0.